The van der Waals surface area contributed by atoms with Gasteiger partial charge in [-0.1, -0.05) is 30.7 Å². The molecule has 0 heterocycles. The first kappa shape index (κ1) is 13.8. The largest absolute Gasteiger partial charge is 0.350 e. The van der Waals surface area contributed by atoms with Crippen LogP contribution in [-0.2, 0) is 4.79 Å². The zero-order valence-corrected chi connectivity index (χ0v) is 11.2. The van der Waals surface area contributed by atoms with Crippen molar-refractivity contribution in [3.63, 3.8) is 0 Å². The fourth-order valence-corrected chi connectivity index (χ4v) is 1.47. The lowest BCUT2D eigenvalue weighted by Gasteiger charge is -2.08. The third-order valence-corrected chi connectivity index (χ3v) is 3.03. The van der Waals surface area contributed by atoms with E-state index < -0.39 is 0 Å². The molecule has 17 heavy (non-hydrogen) atoms. The molecule has 0 spiro atoms. The van der Waals surface area contributed by atoms with Crippen molar-refractivity contribution in [2.75, 3.05) is 0 Å². The minimum absolute atomic E-state index is 0.0731. The van der Waals surface area contributed by atoms with Crippen LogP contribution in [0.15, 0.2) is 24.3 Å². The number of carbonyl (C=O) groups excluding carboxylic acids is 1. The normalized spacial score (nSPS) is 12.7. The summed E-state index contributed by atoms with van der Waals surface area (Å²) in [5.74, 6) is -0.0731. The molecule has 0 unspecified atom stereocenters. The molecule has 1 rings (SSSR count). The lowest BCUT2D eigenvalue weighted by Crippen LogP contribution is -2.30. The molecule has 0 aliphatic heterocycles. The average Bonchev–Trinajstić information content (AvgIpc) is 2.30. The van der Waals surface area contributed by atoms with E-state index in [9.17, 15) is 4.79 Å². The van der Waals surface area contributed by atoms with Crippen LogP contribution in [0.3, 0.4) is 0 Å². The van der Waals surface area contributed by atoms with Crippen molar-refractivity contribution in [3.05, 3.63) is 40.4 Å². The second kappa shape index (κ2) is 6.45. The molecule has 3 heteroatoms. The Labute approximate surface area is 108 Å². The average molecular weight is 252 g/mol. The van der Waals surface area contributed by atoms with Crippen molar-refractivity contribution in [3.8, 4) is 0 Å². The zero-order chi connectivity index (χ0) is 12.8. The standard InChI is InChI=1S/C14H18ClNO/c1-4-11(3)16-14(17)8-7-12-6-5-10(2)13(15)9-12/h5-9,11H,4H2,1-3H3,(H,16,17)/b8-7+/t11-/m1/s1. The minimum atomic E-state index is -0.0731. The molecule has 1 aromatic carbocycles. The lowest BCUT2D eigenvalue weighted by molar-refractivity contribution is -0.117. The van der Waals surface area contributed by atoms with Crippen LogP contribution in [0, 0.1) is 6.92 Å². The topological polar surface area (TPSA) is 29.1 Å². The zero-order valence-electron chi connectivity index (χ0n) is 10.5. The molecule has 1 aromatic rings. The summed E-state index contributed by atoms with van der Waals surface area (Å²) in [5.41, 5.74) is 1.97. The van der Waals surface area contributed by atoms with Gasteiger partial charge in [-0.25, -0.2) is 0 Å². The summed E-state index contributed by atoms with van der Waals surface area (Å²) in [4.78, 5) is 11.5. The number of amides is 1. The molecule has 0 aliphatic carbocycles. The van der Waals surface area contributed by atoms with E-state index in [1.54, 1.807) is 6.08 Å². The van der Waals surface area contributed by atoms with E-state index in [2.05, 4.69) is 5.32 Å². The van der Waals surface area contributed by atoms with Crippen molar-refractivity contribution in [1.29, 1.82) is 0 Å². The first-order valence-electron chi connectivity index (χ1n) is 5.77. The summed E-state index contributed by atoms with van der Waals surface area (Å²) >= 11 is 6.00. The molecule has 0 saturated carbocycles. The summed E-state index contributed by atoms with van der Waals surface area (Å²) < 4.78 is 0. The van der Waals surface area contributed by atoms with Crippen LogP contribution in [0.25, 0.3) is 6.08 Å². The van der Waals surface area contributed by atoms with Crippen LogP contribution >= 0.6 is 11.6 Å². The number of hydrogen-bond acceptors (Lipinski definition) is 1. The molecule has 0 radical (unpaired) electrons. The smallest absolute Gasteiger partial charge is 0.244 e. The maximum absolute atomic E-state index is 11.5. The van der Waals surface area contributed by atoms with E-state index >= 15 is 0 Å². The second-order valence-electron chi connectivity index (χ2n) is 4.16. The molecule has 0 saturated heterocycles. The van der Waals surface area contributed by atoms with Gasteiger partial charge in [0.1, 0.15) is 0 Å². The Kier molecular flexibility index (Phi) is 5.23. The molecular formula is C14H18ClNO. The van der Waals surface area contributed by atoms with Crippen LogP contribution in [0.1, 0.15) is 31.4 Å². The Morgan fingerprint density at radius 1 is 1.53 bits per heavy atom. The lowest BCUT2D eigenvalue weighted by atomic mass is 10.1. The van der Waals surface area contributed by atoms with Crippen molar-refractivity contribution < 1.29 is 4.79 Å². The van der Waals surface area contributed by atoms with Gasteiger partial charge in [-0.2, -0.15) is 0 Å². The number of aryl methyl sites for hydroxylation is 1. The molecule has 1 N–H and O–H groups in total. The fourth-order valence-electron chi connectivity index (χ4n) is 1.28. The number of hydrogen-bond donors (Lipinski definition) is 1. The highest BCUT2D eigenvalue weighted by Crippen LogP contribution is 2.17. The van der Waals surface area contributed by atoms with Gasteiger partial charge in [0.15, 0.2) is 0 Å². The van der Waals surface area contributed by atoms with Gasteiger partial charge < -0.3 is 5.32 Å². The van der Waals surface area contributed by atoms with Gasteiger partial charge in [-0.05, 0) is 43.5 Å². The quantitative estimate of drug-likeness (QED) is 0.815. The third-order valence-electron chi connectivity index (χ3n) is 2.62. The van der Waals surface area contributed by atoms with Gasteiger partial charge >= 0.3 is 0 Å². The number of halogens is 1. The highest BCUT2D eigenvalue weighted by atomic mass is 35.5. The van der Waals surface area contributed by atoms with Crippen molar-refractivity contribution in [2.24, 2.45) is 0 Å². The first-order chi connectivity index (χ1) is 8.02. The van der Waals surface area contributed by atoms with Crippen LogP contribution in [0.4, 0.5) is 0 Å². The van der Waals surface area contributed by atoms with E-state index in [1.165, 1.54) is 6.08 Å². The van der Waals surface area contributed by atoms with E-state index in [1.807, 2.05) is 39.0 Å². The van der Waals surface area contributed by atoms with E-state index in [4.69, 9.17) is 11.6 Å². The minimum Gasteiger partial charge on any atom is -0.350 e. The van der Waals surface area contributed by atoms with Gasteiger partial charge in [0, 0.05) is 17.1 Å². The predicted octanol–water partition coefficient (Wildman–Crippen LogP) is 3.58. The first-order valence-corrected chi connectivity index (χ1v) is 6.15. The Bertz CT molecular complexity index is 426. The van der Waals surface area contributed by atoms with Crippen molar-refractivity contribution >= 4 is 23.6 Å². The highest BCUT2D eigenvalue weighted by molar-refractivity contribution is 6.31. The van der Waals surface area contributed by atoms with Crippen molar-refractivity contribution in [1.82, 2.24) is 5.32 Å². The number of rotatable bonds is 4. The van der Waals surface area contributed by atoms with Gasteiger partial charge in [0.2, 0.25) is 5.91 Å². The van der Waals surface area contributed by atoms with Crippen LogP contribution in [0.5, 0.6) is 0 Å². The summed E-state index contributed by atoms with van der Waals surface area (Å²) in [5, 5.41) is 3.58. The third kappa shape index (κ3) is 4.61. The molecule has 0 aromatic heterocycles. The molecule has 1 atom stereocenters. The maximum Gasteiger partial charge on any atom is 0.244 e. The highest BCUT2D eigenvalue weighted by Gasteiger charge is 2.01. The maximum atomic E-state index is 11.5. The molecule has 2 nitrogen and oxygen atoms in total. The van der Waals surface area contributed by atoms with Crippen LogP contribution in [0.2, 0.25) is 5.02 Å². The SMILES string of the molecule is CC[C@@H](C)NC(=O)/C=C/c1ccc(C)c(Cl)c1. The predicted molar refractivity (Wildman–Crippen MR) is 73.1 cm³/mol. The van der Waals surface area contributed by atoms with E-state index in [0.717, 1.165) is 22.6 Å². The molecular weight excluding hydrogens is 234 g/mol. The fraction of sp³-hybridized carbons (Fsp3) is 0.357. The Morgan fingerprint density at radius 3 is 2.82 bits per heavy atom. The monoisotopic (exact) mass is 251 g/mol. The molecule has 1 amide bonds. The molecule has 0 fully saturated rings. The van der Waals surface area contributed by atoms with E-state index in [0.29, 0.717) is 0 Å². The van der Waals surface area contributed by atoms with Gasteiger partial charge in [-0.3, -0.25) is 4.79 Å². The molecule has 92 valence electrons. The van der Waals surface area contributed by atoms with Gasteiger partial charge in [0.25, 0.3) is 0 Å². The van der Waals surface area contributed by atoms with Crippen LogP contribution in [-0.4, -0.2) is 11.9 Å². The van der Waals surface area contributed by atoms with Gasteiger partial charge in [-0.15, -0.1) is 0 Å². The van der Waals surface area contributed by atoms with Crippen LogP contribution < -0.4 is 5.32 Å². The number of carbonyl (C=O) groups is 1. The Balaban J connectivity index is 2.64. The summed E-state index contributed by atoms with van der Waals surface area (Å²) in [7, 11) is 0. The van der Waals surface area contributed by atoms with Crippen molar-refractivity contribution in [2.45, 2.75) is 33.2 Å². The Hall–Kier alpha value is -1.28. The number of benzene rings is 1. The molecule has 0 aliphatic rings. The second-order valence-corrected chi connectivity index (χ2v) is 4.57. The molecule has 0 bridgehead atoms. The van der Waals surface area contributed by atoms with Gasteiger partial charge in [0.05, 0.1) is 0 Å². The Morgan fingerprint density at radius 2 is 2.24 bits per heavy atom. The summed E-state index contributed by atoms with van der Waals surface area (Å²) in [6, 6.07) is 5.93. The van der Waals surface area contributed by atoms with E-state index in [-0.39, 0.29) is 11.9 Å². The summed E-state index contributed by atoms with van der Waals surface area (Å²) in [6.07, 6.45) is 4.23. The number of nitrogens with one attached hydrogen (secondary N) is 1. The summed E-state index contributed by atoms with van der Waals surface area (Å²) in [6.45, 7) is 5.97.